The molecular formula is C27H36N6O6. The summed E-state index contributed by atoms with van der Waals surface area (Å²) >= 11 is 0. The Morgan fingerprint density at radius 1 is 1.13 bits per heavy atom. The molecule has 0 bridgehead atoms. The summed E-state index contributed by atoms with van der Waals surface area (Å²) < 4.78 is 11.6. The number of nitrogens with one attached hydrogen (secondary N) is 4. The molecule has 1 aromatic heterocycles. The first-order valence-electron chi connectivity index (χ1n) is 12.8. The van der Waals surface area contributed by atoms with Gasteiger partial charge in [-0.2, -0.15) is 0 Å². The van der Waals surface area contributed by atoms with Crippen molar-refractivity contribution in [3.8, 4) is 5.75 Å². The van der Waals surface area contributed by atoms with Gasteiger partial charge in [0.2, 0.25) is 17.7 Å². The van der Waals surface area contributed by atoms with Crippen molar-refractivity contribution < 1.29 is 28.7 Å². The van der Waals surface area contributed by atoms with Gasteiger partial charge in [0.1, 0.15) is 24.4 Å². The highest BCUT2D eigenvalue weighted by atomic mass is 16.5. The Balaban J connectivity index is 1.82. The smallest absolute Gasteiger partial charge is 0.255 e. The highest BCUT2D eigenvalue weighted by molar-refractivity contribution is 6.01. The van der Waals surface area contributed by atoms with Gasteiger partial charge in [-0.05, 0) is 39.8 Å². The predicted molar refractivity (Wildman–Crippen MR) is 142 cm³/mol. The minimum atomic E-state index is -1.22. The Hall–Kier alpha value is -4.06. The van der Waals surface area contributed by atoms with Crippen LogP contribution in [-0.4, -0.2) is 77.1 Å². The summed E-state index contributed by atoms with van der Waals surface area (Å²) in [6.07, 6.45) is 4.70. The summed E-state index contributed by atoms with van der Waals surface area (Å²) in [5.74, 6) is -1.91. The van der Waals surface area contributed by atoms with E-state index in [1.165, 1.54) is 0 Å². The number of benzene rings is 1. The SMILES string of the molecule is C[C@@H]1COc2ccccc2C(=O)N[C@H](C(=O)NCCc2cnccn2)CC(=O)N[C@@H](COC(C)(C)C)C(=O)N1. The van der Waals surface area contributed by atoms with Crippen LogP contribution < -0.4 is 26.0 Å². The third kappa shape index (κ3) is 9.64. The quantitative estimate of drug-likeness (QED) is 0.413. The highest BCUT2D eigenvalue weighted by Gasteiger charge is 2.30. The van der Waals surface area contributed by atoms with Crippen LogP contribution in [0.15, 0.2) is 42.9 Å². The van der Waals surface area contributed by atoms with Crippen molar-refractivity contribution in [1.29, 1.82) is 0 Å². The lowest BCUT2D eigenvalue weighted by Crippen LogP contribution is -2.55. The maximum absolute atomic E-state index is 13.2. The second-order valence-electron chi connectivity index (χ2n) is 10.2. The summed E-state index contributed by atoms with van der Waals surface area (Å²) in [5.41, 5.74) is 0.322. The maximum atomic E-state index is 13.2. The van der Waals surface area contributed by atoms with Crippen molar-refractivity contribution >= 4 is 23.6 Å². The van der Waals surface area contributed by atoms with Gasteiger partial charge in [-0.25, -0.2) is 0 Å². The molecule has 210 valence electrons. The van der Waals surface area contributed by atoms with Crippen molar-refractivity contribution in [2.24, 2.45) is 0 Å². The van der Waals surface area contributed by atoms with Crippen molar-refractivity contribution in [1.82, 2.24) is 31.2 Å². The van der Waals surface area contributed by atoms with E-state index in [2.05, 4.69) is 31.2 Å². The summed E-state index contributed by atoms with van der Waals surface area (Å²) in [4.78, 5) is 60.5. The van der Waals surface area contributed by atoms with Gasteiger partial charge in [0.05, 0.1) is 35.9 Å². The van der Waals surface area contributed by atoms with E-state index in [0.717, 1.165) is 0 Å². The molecule has 0 saturated carbocycles. The zero-order valence-electron chi connectivity index (χ0n) is 22.7. The van der Waals surface area contributed by atoms with Crippen molar-refractivity contribution in [3.63, 3.8) is 0 Å². The zero-order valence-corrected chi connectivity index (χ0v) is 22.7. The number of para-hydroxylation sites is 1. The Bertz CT molecular complexity index is 1150. The summed E-state index contributed by atoms with van der Waals surface area (Å²) in [5, 5.41) is 10.8. The number of carbonyl (C=O) groups excluding carboxylic acids is 4. The molecule has 39 heavy (non-hydrogen) atoms. The summed E-state index contributed by atoms with van der Waals surface area (Å²) in [7, 11) is 0. The zero-order chi connectivity index (χ0) is 28.4. The Kier molecular flexibility index (Phi) is 10.3. The molecule has 4 amide bonds. The molecule has 2 heterocycles. The van der Waals surface area contributed by atoms with Gasteiger partial charge in [0, 0.05) is 31.6 Å². The van der Waals surface area contributed by atoms with E-state index in [-0.39, 0.29) is 31.1 Å². The van der Waals surface area contributed by atoms with Crippen LogP contribution in [-0.2, 0) is 25.5 Å². The lowest BCUT2D eigenvalue weighted by Gasteiger charge is -2.27. The third-order valence-corrected chi connectivity index (χ3v) is 5.65. The average Bonchev–Trinajstić information content (AvgIpc) is 2.89. The van der Waals surface area contributed by atoms with Crippen molar-refractivity contribution in [3.05, 3.63) is 54.1 Å². The van der Waals surface area contributed by atoms with Gasteiger partial charge in [-0.15, -0.1) is 0 Å². The minimum Gasteiger partial charge on any atom is -0.491 e. The molecule has 0 saturated heterocycles. The number of aromatic nitrogens is 2. The topological polar surface area (TPSA) is 161 Å². The number of carbonyl (C=O) groups is 4. The van der Waals surface area contributed by atoms with E-state index in [9.17, 15) is 19.2 Å². The van der Waals surface area contributed by atoms with E-state index >= 15 is 0 Å². The van der Waals surface area contributed by atoms with Crippen molar-refractivity contribution in [2.75, 3.05) is 19.8 Å². The number of nitrogens with zero attached hydrogens (tertiary/aromatic N) is 2. The summed E-state index contributed by atoms with van der Waals surface area (Å²) in [6.45, 7) is 7.45. The van der Waals surface area contributed by atoms with Crippen LogP contribution in [0.2, 0.25) is 0 Å². The fraction of sp³-hybridized carbons (Fsp3) is 0.481. The second-order valence-corrected chi connectivity index (χ2v) is 10.2. The molecule has 0 unspecified atom stereocenters. The van der Waals surface area contributed by atoms with E-state index < -0.39 is 53.8 Å². The standard InChI is InChI=1S/C27H36N6O6/c1-17-15-38-22-8-6-5-7-19(22)24(35)33-20(25(36)30-10-9-18-14-28-11-12-29-18)13-23(34)32-21(26(37)31-17)16-39-27(2,3)4/h5-8,11-12,14,17,20-21H,9-10,13,15-16H2,1-4H3,(H,30,36)(H,31,37)(H,32,34)(H,33,35)/t17-,20+,21+/m1/s1. The van der Waals surface area contributed by atoms with Gasteiger partial charge in [-0.3, -0.25) is 29.1 Å². The molecule has 3 atom stereocenters. The third-order valence-electron chi connectivity index (χ3n) is 5.65. The van der Waals surface area contributed by atoms with Crippen molar-refractivity contribution in [2.45, 2.75) is 64.3 Å². The predicted octanol–water partition coefficient (Wildman–Crippen LogP) is 0.521. The fourth-order valence-electron chi connectivity index (χ4n) is 3.68. The lowest BCUT2D eigenvalue weighted by atomic mass is 10.1. The molecule has 1 aliphatic heterocycles. The molecular weight excluding hydrogens is 504 g/mol. The first kappa shape index (κ1) is 29.5. The first-order valence-corrected chi connectivity index (χ1v) is 12.8. The molecule has 1 aliphatic rings. The number of ether oxygens (including phenoxy) is 2. The van der Waals surface area contributed by atoms with E-state index in [1.807, 2.05) is 20.8 Å². The van der Waals surface area contributed by atoms with E-state index in [0.29, 0.717) is 12.1 Å². The van der Waals surface area contributed by atoms with Crippen LogP contribution in [0.3, 0.4) is 0 Å². The molecule has 0 fully saturated rings. The van der Waals surface area contributed by atoms with Gasteiger partial charge in [-0.1, -0.05) is 12.1 Å². The van der Waals surface area contributed by atoms with Crippen LogP contribution in [0.4, 0.5) is 0 Å². The van der Waals surface area contributed by atoms with Crippen LogP contribution in [0, 0.1) is 0 Å². The molecule has 0 radical (unpaired) electrons. The Morgan fingerprint density at radius 2 is 1.90 bits per heavy atom. The van der Waals surface area contributed by atoms with E-state index in [1.54, 1.807) is 49.8 Å². The molecule has 4 N–H and O–H groups in total. The maximum Gasteiger partial charge on any atom is 0.255 e. The van der Waals surface area contributed by atoms with Gasteiger partial charge < -0.3 is 30.7 Å². The second kappa shape index (κ2) is 13.7. The largest absolute Gasteiger partial charge is 0.491 e. The van der Waals surface area contributed by atoms with E-state index in [4.69, 9.17) is 9.47 Å². The number of fused-ring (bicyclic) bond motifs is 1. The molecule has 2 aromatic rings. The molecule has 12 heteroatoms. The Morgan fingerprint density at radius 3 is 2.62 bits per heavy atom. The molecule has 0 aliphatic carbocycles. The number of hydrogen-bond donors (Lipinski definition) is 4. The molecule has 1 aromatic carbocycles. The number of amides is 4. The summed E-state index contributed by atoms with van der Waals surface area (Å²) in [6, 6.07) is 3.88. The minimum absolute atomic E-state index is 0.0725. The molecule has 0 spiro atoms. The van der Waals surface area contributed by atoms with Gasteiger partial charge in [0.25, 0.3) is 5.91 Å². The molecule has 3 rings (SSSR count). The number of rotatable bonds is 6. The van der Waals surface area contributed by atoms with Crippen LogP contribution >= 0.6 is 0 Å². The highest BCUT2D eigenvalue weighted by Crippen LogP contribution is 2.19. The fourth-order valence-corrected chi connectivity index (χ4v) is 3.68. The normalized spacial score (nSPS) is 20.8. The molecule has 12 nitrogen and oxygen atoms in total. The van der Waals surface area contributed by atoms with Crippen LogP contribution in [0.25, 0.3) is 0 Å². The lowest BCUT2D eigenvalue weighted by molar-refractivity contribution is -0.134. The van der Waals surface area contributed by atoms with Gasteiger partial charge in [0.15, 0.2) is 0 Å². The number of hydrogen-bond acceptors (Lipinski definition) is 8. The monoisotopic (exact) mass is 540 g/mol. The van der Waals surface area contributed by atoms with Gasteiger partial charge >= 0.3 is 0 Å². The Labute approximate surface area is 227 Å². The van der Waals surface area contributed by atoms with Crippen LogP contribution in [0.1, 0.15) is 50.2 Å². The average molecular weight is 541 g/mol. The first-order chi connectivity index (χ1) is 18.5. The van der Waals surface area contributed by atoms with Crippen LogP contribution in [0.5, 0.6) is 5.75 Å².